The van der Waals surface area contributed by atoms with Crippen LogP contribution in [0.25, 0.3) is 0 Å². The quantitative estimate of drug-likeness (QED) is 0.698. The number of aliphatic hydroxyl groups excluding tert-OH is 1. The first-order chi connectivity index (χ1) is 6.31. The highest BCUT2D eigenvalue weighted by Gasteiger charge is 2.37. The lowest BCUT2D eigenvalue weighted by Gasteiger charge is -2.46. The van der Waals surface area contributed by atoms with Gasteiger partial charge in [-0.3, -0.25) is 0 Å². The lowest BCUT2D eigenvalue weighted by Crippen LogP contribution is -2.47. The van der Waals surface area contributed by atoms with E-state index in [2.05, 4.69) is 11.9 Å². The average molecular weight is 183 g/mol. The number of piperidine rings is 1. The zero-order chi connectivity index (χ0) is 9.26. The Kier molecular flexibility index (Phi) is 2.89. The van der Waals surface area contributed by atoms with Gasteiger partial charge in [-0.2, -0.15) is 0 Å². The summed E-state index contributed by atoms with van der Waals surface area (Å²) in [6, 6.07) is 0. The molecule has 2 fully saturated rings. The molecule has 2 nitrogen and oxygen atoms in total. The molecular weight excluding hydrogens is 162 g/mol. The number of nitrogens with zero attached hydrogens (tertiary/aromatic N) is 1. The number of rotatable bonds is 2. The van der Waals surface area contributed by atoms with Crippen LogP contribution in [-0.4, -0.2) is 36.8 Å². The van der Waals surface area contributed by atoms with Gasteiger partial charge < -0.3 is 10.0 Å². The fourth-order valence-corrected chi connectivity index (χ4v) is 3.40. The molecule has 0 radical (unpaired) electrons. The monoisotopic (exact) mass is 183 g/mol. The summed E-state index contributed by atoms with van der Waals surface area (Å²) in [7, 11) is 2.24. The third-order valence-corrected chi connectivity index (χ3v) is 3.92. The third-order valence-electron chi connectivity index (χ3n) is 3.92. The van der Waals surface area contributed by atoms with Crippen molar-refractivity contribution < 1.29 is 5.11 Å². The largest absolute Gasteiger partial charge is 0.396 e. The van der Waals surface area contributed by atoms with Gasteiger partial charge in [0.2, 0.25) is 0 Å². The third kappa shape index (κ3) is 1.89. The SMILES string of the molecule is CN1CC2CCCC(C1)C2CCO. The van der Waals surface area contributed by atoms with Gasteiger partial charge in [0.05, 0.1) is 0 Å². The van der Waals surface area contributed by atoms with E-state index < -0.39 is 0 Å². The molecule has 2 bridgehead atoms. The van der Waals surface area contributed by atoms with Crippen molar-refractivity contribution in [3.63, 3.8) is 0 Å². The van der Waals surface area contributed by atoms with Crippen LogP contribution in [-0.2, 0) is 0 Å². The molecule has 1 saturated carbocycles. The van der Waals surface area contributed by atoms with Gasteiger partial charge in [0.25, 0.3) is 0 Å². The lowest BCUT2D eigenvalue weighted by molar-refractivity contribution is 0.0228. The van der Waals surface area contributed by atoms with Crippen molar-refractivity contribution in [3.05, 3.63) is 0 Å². The van der Waals surface area contributed by atoms with E-state index in [9.17, 15) is 0 Å². The summed E-state index contributed by atoms with van der Waals surface area (Å²) in [6.45, 7) is 2.92. The summed E-state index contributed by atoms with van der Waals surface area (Å²) in [6.07, 6.45) is 5.26. The van der Waals surface area contributed by atoms with Crippen LogP contribution in [0.5, 0.6) is 0 Å². The summed E-state index contributed by atoms with van der Waals surface area (Å²) >= 11 is 0. The van der Waals surface area contributed by atoms with Gasteiger partial charge in [-0.05, 0) is 44.1 Å². The normalized spacial score (nSPS) is 40.6. The number of hydrogen-bond donors (Lipinski definition) is 1. The number of hydrogen-bond acceptors (Lipinski definition) is 2. The second-order valence-corrected chi connectivity index (χ2v) is 4.85. The van der Waals surface area contributed by atoms with Crippen molar-refractivity contribution in [3.8, 4) is 0 Å². The van der Waals surface area contributed by atoms with E-state index >= 15 is 0 Å². The predicted octanol–water partition coefficient (Wildman–Crippen LogP) is 1.35. The van der Waals surface area contributed by atoms with E-state index in [1.807, 2.05) is 0 Å². The van der Waals surface area contributed by atoms with Crippen molar-refractivity contribution >= 4 is 0 Å². The highest BCUT2D eigenvalue weighted by atomic mass is 16.3. The minimum Gasteiger partial charge on any atom is -0.396 e. The molecule has 0 aromatic rings. The molecule has 2 aliphatic rings. The molecule has 0 spiro atoms. The maximum absolute atomic E-state index is 9.03. The fourth-order valence-electron chi connectivity index (χ4n) is 3.40. The molecule has 2 rings (SSSR count). The molecule has 0 aromatic carbocycles. The average Bonchev–Trinajstić information content (AvgIpc) is 2.07. The first-order valence-electron chi connectivity index (χ1n) is 5.60. The summed E-state index contributed by atoms with van der Waals surface area (Å²) < 4.78 is 0. The minimum absolute atomic E-state index is 0.390. The Morgan fingerprint density at radius 3 is 2.38 bits per heavy atom. The first-order valence-corrected chi connectivity index (χ1v) is 5.60. The number of fused-ring (bicyclic) bond motifs is 2. The molecule has 0 amide bonds. The molecule has 1 aliphatic carbocycles. The first kappa shape index (κ1) is 9.47. The van der Waals surface area contributed by atoms with Crippen molar-refractivity contribution in [1.82, 2.24) is 4.90 Å². The van der Waals surface area contributed by atoms with E-state index in [-0.39, 0.29) is 0 Å². The summed E-state index contributed by atoms with van der Waals surface area (Å²) in [4.78, 5) is 2.47. The summed E-state index contributed by atoms with van der Waals surface area (Å²) in [5, 5.41) is 9.03. The zero-order valence-corrected chi connectivity index (χ0v) is 8.58. The molecule has 1 N–H and O–H groups in total. The van der Waals surface area contributed by atoms with E-state index in [1.54, 1.807) is 0 Å². The van der Waals surface area contributed by atoms with Crippen LogP contribution in [0.3, 0.4) is 0 Å². The Labute approximate surface area is 80.9 Å². The van der Waals surface area contributed by atoms with Crippen molar-refractivity contribution in [2.75, 3.05) is 26.7 Å². The molecule has 2 unspecified atom stereocenters. The van der Waals surface area contributed by atoms with Crippen molar-refractivity contribution in [2.45, 2.75) is 25.7 Å². The van der Waals surface area contributed by atoms with Crippen LogP contribution < -0.4 is 0 Å². The topological polar surface area (TPSA) is 23.5 Å². The van der Waals surface area contributed by atoms with E-state index in [0.717, 1.165) is 24.2 Å². The van der Waals surface area contributed by atoms with Crippen LogP contribution in [0.1, 0.15) is 25.7 Å². The maximum Gasteiger partial charge on any atom is 0.0433 e. The van der Waals surface area contributed by atoms with Crippen LogP contribution in [0.15, 0.2) is 0 Å². The molecule has 0 aromatic heterocycles. The molecule has 13 heavy (non-hydrogen) atoms. The maximum atomic E-state index is 9.03. The van der Waals surface area contributed by atoms with Crippen LogP contribution >= 0.6 is 0 Å². The van der Waals surface area contributed by atoms with Gasteiger partial charge in [0, 0.05) is 19.7 Å². The van der Waals surface area contributed by atoms with Gasteiger partial charge in [0.1, 0.15) is 0 Å². The smallest absolute Gasteiger partial charge is 0.0433 e. The highest BCUT2D eigenvalue weighted by Crippen LogP contribution is 2.40. The highest BCUT2D eigenvalue weighted by molar-refractivity contribution is 4.89. The fraction of sp³-hybridized carbons (Fsp3) is 1.00. The number of likely N-dealkylation sites (tertiary alicyclic amines) is 1. The Morgan fingerprint density at radius 2 is 1.85 bits per heavy atom. The molecule has 1 saturated heterocycles. The van der Waals surface area contributed by atoms with Crippen LogP contribution in [0.4, 0.5) is 0 Å². The van der Waals surface area contributed by atoms with E-state index in [1.165, 1.54) is 32.4 Å². The Morgan fingerprint density at radius 1 is 1.23 bits per heavy atom. The lowest BCUT2D eigenvalue weighted by atomic mass is 9.68. The van der Waals surface area contributed by atoms with Crippen molar-refractivity contribution in [2.24, 2.45) is 17.8 Å². The minimum atomic E-state index is 0.390. The van der Waals surface area contributed by atoms with Gasteiger partial charge in [-0.1, -0.05) is 6.42 Å². The molecular formula is C11H21NO. The Bertz CT molecular complexity index is 157. The molecule has 2 atom stereocenters. The standard InChI is InChI=1S/C11H21NO/c1-12-7-9-3-2-4-10(8-12)11(9)5-6-13/h9-11,13H,2-8H2,1H3. The summed E-state index contributed by atoms with van der Waals surface area (Å²) in [5.74, 6) is 2.59. The predicted molar refractivity (Wildman–Crippen MR) is 53.5 cm³/mol. The van der Waals surface area contributed by atoms with Crippen LogP contribution in [0, 0.1) is 17.8 Å². The van der Waals surface area contributed by atoms with E-state index in [0.29, 0.717) is 6.61 Å². The summed E-state index contributed by atoms with van der Waals surface area (Å²) in [5.41, 5.74) is 0. The molecule has 1 aliphatic heterocycles. The molecule has 76 valence electrons. The molecule has 1 heterocycles. The van der Waals surface area contributed by atoms with Crippen molar-refractivity contribution in [1.29, 1.82) is 0 Å². The Hall–Kier alpha value is -0.0800. The number of aliphatic hydroxyl groups is 1. The van der Waals surface area contributed by atoms with Gasteiger partial charge in [0.15, 0.2) is 0 Å². The second-order valence-electron chi connectivity index (χ2n) is 4.85. The van der Waals surface area contributed by atoms with Gasteiger partial charge >= 0.3 is 0 Å². The van der Waals surface area contributed by atoms with Crippen LogP contribution in [0.2, 0.25) is 0 Å². The molecule has 2 heteroatoms. The zero-order valence-electron chi connectivity index (χ0n) is 8.58. The second kappa shape index (κ2) is 3.97. The Balaban J connectivity index is 2.01. The van der Waals surface area contributed by atoms with Gasteiger partial charge in [-0.25, -0.2) is 0 Å². The van der Waals surface area contributed by atoms with Gasteiger partial charge in [-0.15, -0.1) is 0 Å². The van der Waals surface area contributed by atoms with E-state index in [4.69, 9.17) is 5.11 Å².